The van der Waals surface area contributed by atoms with Crippen molar-refractivity contribution in [1.29, 1.82) is 0 Å². The summed E-state index contributed by atoms with van der Waals surface area (Å²) < 4.78 is 12.8. The smallest absolute Gasteiger partial charge is 0.407 e. The fraction of sp³-hybridized carbons (Fsp3) is 0.545. The molecule has 0 radical (unpaired) electrons. The van der Waals surface area contributed by atoms with E-state index in [9.17, 15) is 14.7 Å². The van der Waals surface area contributed by atoms with Gasteiger partial charge in [0, 0.05) is 12.6 Å². The third-order valence-electron chi connectivity index (χ3n) is 5.30. The maximum atomic E-state index is 11.9. The van der Waals surface area contributed by atoms with E-state index < -0.39 is 12.1 Å². The number of aromatic nitrogens is 3. The number of aryl methyl sites for hydroxylation is 1. The van der Waals surface area contributed by atoms with E-state index in [2.05, 4.69) is 15.4 Å². The third-order valence-corrected chi connectivity index (χ3v) is 5.30. The maximum Gasteiger partial charge on any atom is 0.407 e. The van der Waals surface area contributed by atoms with Crippen molar-refractivity contribution < 1.29 is 24.2 Å². The van der Waals surface area contributed by atoms with Gasteiger partial charge >= 0.3 is 12.1 Å². The van der Waals surface area contributed by atoms with Gasteiger partial charge in [-0.3, -0.25) is 14.5 Å². The van der Waals surface area contributed by atoms with Gasteiger partial charge in [0.25, 0.3) is 0 Å². The van der Waals surface area contributed by atoms with Crippen molar-refractivity contribution in [2.24, 2.45) is 18.9 Å². The van der Waals surface area contributed by atoms with Gasteiger partial charge in [-0.2, -0.15) is 5.10 Å². The largest absolute Gasteiger partial charge is 0.489 e. The lowest BCUT2D eigenvalue weighted by molar-refractivity contribution is -0.143. The number of nitrogens with one attached hydrogen (secondary N) is 1. The standard InChI is InChI=1S/C22H30N4O5/c1-14(2)13-30-22(29)24-12-20-18(11-25-26(20)3)19-8-7-17(10-23-19)31-16-6-4-5-15(9-16)21(27)28/h7-8,10-11,14-16H,4-6,9,12-13H2,1-3H3,(H,24,29)(H,27,28)/t15-,16-/m0/s1. The van der Waals surface area contributed by atoms with E-state index in [1.54, 1.807) is 24.1 Å². The zero-order valence-electron chi connectivity index (χ0n) is 18.2. The predicted octanol–water partition coefficient (Wildman–Crippen LogP) is 3.39. The summed E-state index contributed by atoms with van der Waals surface area (Å²) in [6.07, 6.45) is 5.67. The minimum atomic E-state index is -0.757. The molecule has 3 rings (SSSR count). The molecular formula is C22H30N4O5. The van der Waals surface area contributed by atoms with Gasteiger partial charge in [0.15, 0.2) is 0 Å². The zero-order valence-corrected chi connectivity index (χ0v) is 18.2. The molecule has 2 aromatic heterocycles. The Morgan fingerprint density at radius 1 is 1.29 bits per heavy atom. The van der Waals surface area contributed by atoms with Crippen molar-refractivity contribution in [3.8, 4) is 17.0 Å². The van der Waals surface area contributed by atoms with Crippen LogP contribution in [0.25, 0.3) is 11.3 Å². The van der Waals surface area contributed by atoms with E-state index >= 15 is 0 Å². The molecule has 2 atom stereocenters. The summed E-state index contributed by atoms with van der Waals surface area (Å²) in [6, 6.07) is 3.66. The van der Waals surface area contributed by atoms with Crippen molar-refractivity contribution in [2.75, 3.05) is 6.61 Å². The molecule has 1 fully saturated rings. The Morgan fingerprint density at radius 2 is 2.10 bits per heavy atom. The van der Waals surface area contributed by atoms with Gasteiger partial charge in [0.1, 0.15) is 5.75 Å². The average molecular weight is 431 g/mol. The molecule has 2 aromatic rings. The fourth-order valence-electron chi connectivity index (χ4n) is 3.61. The first-order valence-corrected chi connectivity index (χ1v) is 10.6. The Balaban J connectivity index is 1.62. The second-order valence-electron chi connectivity index (χ2n) is 8.30. The second kappa shape index (κ2) is 10.3. The summed E-state index contributed by atoms with van der Waals surface area (Å²) in [5.41, 5.74) is 2.32. The number of carboxylic acids is 1. The SMILES string of the molecule is CC(C)COC(=O)NCc1c(-c2ccc(O[C@H]3CCC[C@H](C(=O)O)C3)cn2)cnn1C. The first-order chi connectivity index (χ1) is 14.8. The molecule has 1 aliphatic rings. The molecule has 0 aromatic carbocycles. The Bertz CT molecular complexity index is 894. The predicted molar refractivity (Wildman–Crippen MR) is 113 cm³/mol. The quantitative estimate of drug-likeness (QED) is 0.659. The van der Waals surface area contributed by atoms with Crippen LogP contribution in [-0.2, 0) is 23.1 Å². The summed E-state index contributed by atoms with van der Waals surface area (Å²) in [5.74, 6) is -0.219. The molecule has 168 valence electrons. The van der Waals surface area contributed by atoms with Crippen molar-refractivity contribution in [1.82, 2.24) is 20.1 Å². The number of hydrogen-bond acceptors (Lipinski definition) is 6. The van der Waals surface area contributed by atoms with Gasteiger partial charge in [-0.25, -0.2) is 4.79 Å². The zero-order chi connectivity index (χ0) is 22.4. The van der Waals surface area contributed by atoms with Crippen molar-refractivity contribution in [2.45, 2.75) is 52.2 Å². The average Bonchev–Trinajstić information content (AvgIpc) is 3.11. The molecule has 31 heavy (non-hydrogen) atoms. The Labute approximate surface area is 181 Å². The molecule has 0 bridgehead atoms. The lowest BCUT2D eigenvalue weighted by Crippen LogP contribution is -2.29. The highest BCUT2D eigenvalue weighted by Crippen LogP contribution is 2.29. The number of carboxylic acid groups (broad SMARTS) is 1. The number of rotatable bonds is 8. The summed E-state index contributed by atoms with van der Waals surface area (Å²) in [4.78, 5) is 27.6. The van der Waals surface area contributed by atoms with Gasteiger partial charge in [0.2, 0.25) is 0 Å². The normalized spacial score (nSPS) is 18.6. The minimum absolute atomic E-state index is 0.113. The number of pyridine rings is 1. The Morgan fingerprint density at radius 3 is 2.77 bits per heavy atom. The van der Waals surface area contributed by atoms with E-state index in [1.807, 2.05) is 26.0 Å². The van der Waals surface area contributed by atoms with Crippen LogP contribution in [0.3, 0.4) is 0 Å². The van der Waals surface area contributed by atoms with Crippen molar-refractivity contribution in [3.63, 3.8) is 0 Å². The highest BCUT2D eigenvalue weighted by atomic mass is 16.5. The molecule has 1 aliphatic carbocycles. The van der Waals surface area contributed by atoms with Crippen LogP contribution in [0.5, 0.6) is 5.75 Å². The summed E-state index contributed by atoms with van der Waals surface area (Å²) in [7, 11) is 1.80. The number of nitrogens with zero attached hydrogens (tertiary/aromatic N) is 3. The van der Waals surface area contributed by atoms with E-state index in [4.69, 9.17) is 9.47 Å². The molecule has 0 spiro atoms. The number of carbonyl (C=O) groups is 2. The molecule has 2 N–H and O–H groups in total. The Kier molecular flexibility index (Phi) is 7.49. The molecule has 0 unspecified atom stereocenters. The highest BCUT2D eigenvalue weighted by Gasteiger charge is 2.28. The molecule has 9 nitrogen and oxygen atoms in total. The summed E-state index contributed by atoms with van der Waals surface area (Å²) >= 11 is 0. The van der Waals surface area contributed by atoms with E-state index in [-0.39, 0.29) is 24.5 Å². The van der Waals surface area contributed by atoms with Crippen LogP contribution in [0.15, 0.2) is 24.5 Å². The first-order valence-electron chi connectivity index (χ1n) is 10.6. The molecule has 0 saturated heterocycles. The summed E-state index contributed by atoms with van der Waals surface area (Å²) in [5, 5.41) is 16.3. The molecule has 2 heterocycles. The van der Waals surface area contributed by atoms with E-state index in [0.29, 0.717) is 30.9 Å². The van der Waals surface area contributed by atoms with Gasteiger partial charge < -0.3 is 19.9 Å². The maximum absolute atomic E-state index is 11.9. The van der Waals surface area contributed by atoms with Gasteiger partial charge in [0.05, 0.1) is 49.0 Å². The monoisotopic (exact) mass is 430 g/mol. The minimum Gasteiger partial charge on any atom is -0.489 e. The molecular weight excluding hydrogens is 400 g/mol. The van der Waals surface area contributed by atoms with E-state index in [1.165, 1.54) is 0 Å². The van der Waals surface area contributed by atoms with Crippen LogP contribution in [0.2, 0.25) is 0 Å². The van der Waals surface area contributed by atoms with E-state index in [0.717, 1.165) is 24.1 Å². The number of aliphatic carboxylic acids is 1. The number of hydrogen-bond donors (Lipinski definition) is 2. The van der Waals surface area contributed by atoms with Crippen LogP contribution in [0, 0.1) is 11.8 Å². The summed E-state index contributed by atoms with van der Waals surface area (Å²) in [6.45, 7) is 4.58. The van der Waals surface area contributed by atoms with Crippen LogP contribution < -0.4 is 10.1 Å². The number of ether oxygens (including phenoxy) is 2. The van der Waals surface area contributed by atoms with Gasteiger partial charge in [-0.15, -0.1) is 0 Å². The number of amides is 1. The van der Waals surface area contributed by atoms with Crippen molar-refractivity contribution >= 4 is 12.1 Å². The topological polar surface area (TPSA) is 116 Å². The fourth-order valence-corrected chi connectivity index (χ4v) is 3.61. The number of alkyl carbamates (subject to hydrolysis) is 1. The number of carbonyl (C=O) groups excluding carboxylic acids is 1. The highest BCUT2D eigenvalue weighted by molar-refractivity contribution is 5.70. The lowest BCUT2D eigenvalue weighted by Gasteiger charge is -2.27. The third kappa shape index (κ3) is 6.19. The van der Waals surface area contributed by atoms with Crippen molar-refractivity contribution in [3.05, 3.63) is 30.2 Å². The van der Waals surface area contributed by atoms with Crippen LogP contribution in [0.1, 0.15) is 45.2 Å². The Hall–Kier alpha value is -3.10. The van der Waals surface area contributed by atoms with Crippen LogP contribution >= 0.6 is 0 Å². The van der Waals surface area contributed by atoms with Gasteiger partial charge in [-0.05, 0) is 43.7 Å². The van der Waals surface area contributed by atoms with Gasteiger partial charge in [-0.1, -0.05) is 13.8 Å². The molecule has 1 saturated carbocycles. The van der Waals surface area contributed by atoms with Crippen LogP contribution in [-0.4, -0.2) is 44.6 Å². The van der Waals surface area contributed by atoms with Crippen LogP contribution in [0.4, 0.5) is 4.79 Å². The lowest BCUT2D eigenvalue weighted by atomic mass is 9.87. The second-order valence-corrected chi connectivity index (χ2v) is 8.30. The first kappa shape index (κ1) is 22.6. The molecule has 1 amide bonds. The molecule has 0 aliphatic heterocycles. The molecule has 9 heteroatoms.